The molecule has 0 spiro atoms. The van der Waals surface area contributed by atoms with Crippen LogP contribution in [0.2, 0.25) is 0 Å². The van der Waals surface area contributed by atoms with Crippen LogP contribution in [-0.4, -0.2) is 26.0 Å². The first kappa shape index (κ1) is 40.2. The molecule has 0 amide bonds. The lowest BCUT2D eigenvalue weighted by Crippen LogP contribution is -2.61. The Kier molecular flexibility index (Phi) is 8.77. The standard InChI is InChI=1S/C62H49BN2O4/c1-37-32-52-59-53(33-37)65(44-23-19-42(20-24-44)62(2,3)4)60-49(27-29-56-61(60)67-31-9-30-66-56)63(59)50-34-39(41-17-26-48-46-11-6-8-13-55(46)69-58(48)36-41)18-28-51(50)64(52)43-21-14-38(15-22-43)40-16-25-47-45-10-5-7-12-54(45)68-57(47)35-40/h5-8,10-29,32-36,45,54H,9,30-31H2,1-4H3. The van der Waals surface area contributed by atoms with Crippen LogP contribution in [0.1, 0.15) is 49.8 Å². The van der Waals surface area contributed by atoms with Gasteiger partial charge >= 0.3 is 0 Å². The minimum atomic E-state index is -0.118. The summed E-state index contributed by atoms with van der Waals surface area (Å²) >= 11 is 0. The Labute approximate surface area is 402 Å². The maximum Gasteiger partial charge on any atom is 0.252 e. The van der Waals surface area contributed by atoms with Crippen LogP contribution in [0.4, 0.5) is 34.1 Å². The first-order valence-electron chi connectivity index (χ1n) is 24.3. The Morgan fingerprint density at radius 1 is 0.565 bits per heavy atom. The summed E-state index contributed by atoms with van der Waals surface area (Å²) in [6.45, 7) is 10.1. The van der Waals surface area contributed by atoms with Crippen LogP contribution in [0.25, 0.3) is 44.2 Å². The fourth-order valence-corrected chi connectivity index (χ4v) is 11.6. The number of ether oxygens (including phenoxy) is 3. The molecule has 0 radical (unpaired) electrons. The van der Waals surface area contributed by atoms with Crippen molar-refractivity contribution in [2.45, 2.75) is 51.6 Å². The first-order valence-corrected chi connectivity index (χ1v) is 24.3. The number of furan rings is 1. The van der Waals surface area contributed by atoms with E-state index in [0.29, 0.717) is 13.2 Å². The molecule has 1 aliphatic carbocycles. The third-order valence-electron chi connectivity index (χ3n) is 15.0. The maximum absolute atomic E-state index is 6.80. The predicted octanol–water partition coefficient (Wildman–Crippen LogP) is 13.7. The monoisotopic (exact) mass is 896 g/mol. The van der Waals surface area contributed by atoms with Gasteiger partial charge in [0.15, 0.2) is 11.5 Å². The van der Waals surface area contributed by atoms with Gasteiger partial charge in [-0.3, -0.25) is 0 Å². The molecule has 0 saturated heterocycles. The highest BCUT2D eigenvalue weighted by Crippen LogP contribution is 2.51. The Hall–Kier alpha value is -7.90. The molecule has 6 nitrogen and oxygen atoms in total. The molecule has 69 heavy (non-hydrogen) atoms. The molecule has 5 heterocycles. The fourth-order valence-electron chi connectivity index (χ4n) is 11.6. The van der Waals surface area contributed by atoms with Crippen molar-refractivity contribution < 1.29 is 18.6 Å². The van der Waals surface area contributed by atoms with E-state index in [0.717, 1.165) is 102 Å². The van der Waals surface area contributed by atoms with E-state index < -0.39 is 0 Å². The second kappa shape index (κ2) is 15.1. The summed E-state index contributed by atoms with van der Waals surface area (Å²) in [6, 6.07) is 56.0. The minimum Gasteiger partial charge on any atom is -0.489 e. The van der Waals surface area contributed by atoms with Crippen LogP contribution in [0.5, 0.6) is 17.2 Å². The normalized spacial score (nSPS) is 17.2. The van der Waals surface area contributed by atoms with Crippen LogP contribution < -0.4 is 40.4 Å². The number of hydrogen-bond donors (Lipinski definition) is 0. The van der Waals surface area contributed by atoms with Gasteiger partial charge in [0, 0.05) is 57.1 Å². The lowest BCUT2D eigenvalue weighted by molar-refractivity contribution is 0.269. The quantitative estimate of drug-likeness (QED) is 0.164. The average Bonchev–Trinajstić information content (AvgIpc) is 3.83. The van der Waals surface area contributed by atoms with Crippen molar-refractivity contribution in [1.29, 1.82) is 0 Å². The van der Waals surface area contributed by atoms with Gasteiger partial charge in [0.05, 0.1) is 18.9 Å². The lowest BCUT2D eigenvalue weighted by Gasteiger charge is -2.45. The zero-order valence-corrected chi connectivity index (χ0v) is 39.1. The number of fused-ring (bicyclic) bond motifs is 12. The number of benzene rings is 8. The molecule has 9 aromatic rings. The van der Waals surface area contributed by atoms with E-state index in [1.807, 2.05) is 12.1 Å². The minimum absolute atomic E-state index is 0.00834. The van der Waals surface area contributed by atoms with Crippen molar-refractivity contribution in [2.24, 2.45) is 0 Å². The number of nitrogens with zero attached hydrogens (tertiary/aromatic N) is 2. The third kappa shape index (κ3) is 6.26. The van der Waals surface area contributed by atoms with Gasteiger partial charge in [-0.15, -0.1) is 0 Å². The zero-order valence-electron chi connectivity index (χ0n) is 39.1. The third-order valence-corrected chi connectivity index (χ3v) is 15.0. The molecule has 7 heteroatoms. The molecule has 4 aliphatic heterocycles. The van der Waals surface area contributed by atoms with Crippen molar-refractivity contribution in [2.75, 3.05) is 23.0 Å². The molecule has 2 unspecified atom stereocenters. The van der Waals surface area contributed by atoms with E-state index in [1.165, 1.54) is 33.1 Å². The van der Waals surface area contributed by atoms with E-state index in [1.54, 1.807) is 0 Å². The molecular formula is C62H49BN2O4. The largest absolute Gasteiger partial charge is 0.489 e. The Morgan fingerprint density at radius 2 is 1.26 bits per heavy atom. The maximum atomic E-state index is 6.80. The number of allylic oxidation sites excluding steroid dienone is 2. The number of aryl methyl sites for hydroxylation is 1. The van der Waals surface area contributed by atoms with Crippen LogP contribution in [0.3, 0.4) is 0 Å². The highest BCUT2D eigenvalue weighted by molar-refractivity contribution is 7.00. The van der Waals surface area contributed by atoms with Crippen LogP contribution in [0.15, 0.2) is 180 Å². The summed E-state index contributed by atoms with van der Waals surface area (Å²) in [4.78, 5) is 4.93. The Morgan fingerprint density at radius 3 is 2.12 bits per heavy atom. The fraction of sp³-hybridized carbons (Fsp3) is 0.161. The molecule has 8 aromatic carbocycles. The van der Waals surface area contributed by atoms with E-state index >= 15 is 0 Å². The summed E-state index contributed by atoms with van der Waals surface area (Å²) in [6.07, 6.45) is 9.48. The molecule has 0 saturated carbocycles. The lowest BCUT2D eigenvalue weighted by atomic mass is 9.33. The number of anilines is 6. The molecule has 2 atom stereocenters. The summed E-state index contributed by atoms with van der Waals surface area (Å²) in [5.41, 5.74) is 20.3. The molecule has 5 aliphatic rings. The summed E-state index contributed by atoms with van der Waals surface area (Å²) in [5.74, 6) is 2.81. The highest BCUT2D eigenvalue weighted by Gasteiger charge is 2.45. The summed E-state index contributed by atoms with van der Waals surface area (Å²) in [5, 5.41) is 2.25. The van der Waals surface area contributed by atoms with Crippen molar-refractivity contribution in [3.63, 3.8) is 0 Å². The highest BCUT2D eigenvalue weighted by atomic mass is 16.5. The van der Waals surface area contributed by atoms with E-state index in [-0.39, 0.29) is 24.1 Å². The molecule has 0 N–H and O–H groups in total. The SMILES string of the molecule is Cc1cc2c3c(c1)N(c1ccc(C(C)(C)C)cc1)c1c(ccc4c1OCCCO4)B3c1cc(-c3ccc4c(c3)oc3ccccc34)ccc1N2c1ccc(-c2ccc3c(c2)OC2C=CC=CC32)cc1. The Balaban J connectivity index is 0.972. The van der Waals surface area contributed by atoms with Gasteiger partial charge in [-0.2, -0.15) is 0 Å². The van der Waals surface area contributed by atoms with Gasteiger partial charge < -0.3 is 28.4 Å². The summed E-state index contributed by atoms with van der Waals surface area (Å²) in [7, 11) is 0. The number of para-hydroxylation sites is 1. The molecule has 14 rings (SSSR count). The predicted molar refractivity (Wildman–Crippen MR) is 283 cm³/mol. The number of hydrogen-bond acceptors (Lipinski definition) is 6. The van der Waals surface area contributed by atoms with Crippen molar-refractivity contribution in [3.8, 4) is 39.5 Å². The average molecular weight is 897 g/mol. The Bertz CT molecular complexity index is 3660. The topological polar surface area (TPSA) is 47.3 Å². The van der Waals surface area contributed by atoms with E-state index in [9.17, 15) is 0 Å². The van der Waals surface area contributed by atoms with Gasteiger partial charge in [0.2, 0.25) is 0 Å². The van der Waals surface area contributed by atoms with Gasteiger partial charge in [-0.1, -0.05) is 118 Å². The van der Waals surface area contributed by atoms with Crippen molar-refractivity contribution in [3.05, 3.63) is 193 Å². The molecule has 1 aromatic heterocycles. The number of rotatable bonds is 4. The zero-order chi connectivity index (χ0) is 46.1. The molecule has 0 bridgehead atoms. The van der Waals surface area contributed by atoms with Gasteiger partial charge in [0.1, 0.15) is 23.0 Å². The van der Waals surface area contributed by atoms with E-state index in [2.05, 4.69) is 201 Å². The molecule has 334 valence electrons. The summed E-state index contributed by atoms with van der Waals surface area (Å²) < 4.78 is 26.2. The first-order chi connectivity index (χ1) is 33.7. The second-order valence-electron chi connectivity index (χ2n) is 20.3. The van der Waals surface area contributed by atoms with Gasteiger partial charge in [-0.05, 0) is 141 Å². The van der Waals surface area contributed by atoms with Crippen LogP contribution >= 0.6 is 0 Å². The van der Waals surface area contributed by atoms with Gasteiger partial charge in [0.25, 0.3) is 6.71 Å². The van der Waals surface area contributed by atoms with E-state index in [4.69, 9.17) is 18.6 Å². The van der Waals surface area contributed by atoms with Crippen LogP contribution in [0, 0.1) is 6.92 Å². The molecule has 0 fully saturated rings. The van der Waals surface area contributed by atoms with Crippen LogP contribution in [-0.2, 0) is 5.41 Å². The molecular weight excluding hydrogens is 848 g/mol. The van der Waals surface area contributed by atoms with Gasteiger partial charge in [-0.25, -0.2) is 0 Å². The second-order valence-corrected chi connectivity index (χ2v) is 20.3. The van der Waals surface area contributed by atoms with Crippen molar-refractivity contribution >= 4 is 79.2 Å². The van der Waals surface area contributed by atoms with Crippen molar-refractivity contribution in [1.82, 2.24) is 0 Å². The smallest absolute Gasteiger partial charge is 0.252 e.